The van der Waals surface area contributed by atoms with Crippen molar-refractivity contribution in [2.24, 2.45) is 0 Å². The fraction of sp³-hybridized carbons (Fsp3) is 0.300. The van der Waals surface area contributed by atoms with E-state index in [0.29, 0.717) is 23.7 Å². The van der Waals surface area contributed by atoms with E-state index < -0.39 is 0 Å². The van der Waals surface area contributed by atoms with E-state index in [0.717, 1.165) is 24.0 Å². The highest BCUT2D eigenvalue weighted by Gasteiger charge is 2.23. The van der Waals surface area contributed by atoms with Crippen LogP contribution in [0.4, 0.5) is 0 Å². The van der Waals surface area contributed by atoms with Gasteiger partial charge in [-0.3, -0.25) is 9.59 Å². The predicted molar refractivity (Wildman–Crippen MR) is 93.9 cm³/mol. The fourth-order valence-electron chi connectivity index (χ4n) is 2.52. The smallest absolute Gasteiger partial charge is 0.253 e. The number of amides is 2. The maximum absolute atomic E-state index is 12.4. The lowest BCUT2D eigenvalue weighted by molar-refractivity contribution is 0.0784. The van der Waals surface area contributed by atoms with Gasteiger partial charge in [-0.15, -0.1) is 0 Å². The van der Waals surface area contributed by atoms with Crippen LogP contribution in [-0.2, 0) is 6.54 Å². The first-order valence-corrected chi connectivity index (χ1v) is 8.25. The topological polar surface area (TPSA) is 49.4 Å². The van der Waals surface area contributed by atoms with Gasteiger partial charge in [-0.05, 0) is 49.6 Å². The van der Waals surface area contributed by atoms with Gasteiger partial charge in [0, 0.05) is 30.8 Å². The average Bonchev–Trinajstić information content (AvgIpc) is 3.39. The average molecular weight is 322 g/mol. The Hall–Kier alpha value is -2.62. The number of carbonyl (C=O) groups is 2. The molecule has 1 saturated carbocycles. The first kappa shape index (κ1) is 16.2. The van der Waals surface area contributed by atoms with Crippen LogP contribution in [0, 0.1) is 6.92 Å². The normalized spacial score (nSPS) is 13.4. The first-order chi connectivity index (χ1) is 11.5. The predicted octanol–water partition coefficient (Wildman–Crippen LogP) is 3.16. The van der Waals surface area contributed by atoms with E-state index in [9.17, 15) is 9.59 Å². The third-order valence-electron chi connectivity index (χ3n) is 4.19. The summed E-state index contributed by atoms with van der Waals surface area (Å²) in [5, 5.41) is 2.97. The number of rotatable bonds is 5. The summed E-state index contributed by atoms with van der Waals surface area (Å²) < 4.78 is 0. The monoisotopic (exact) mass is 322 g/mol. The van der Waals surface area contributed by atoms with Crippen LogP contribution in [0.5, 0.6) is 0 Å². The molecule has 0 atom stereocenters. The summed E-state index contributed by atoms with van der Waals surface area (Å²) in [5.41, 5.74) is 3.48. The van der Waals surface area contributed by atoms with Crippen molar-refractivity contribution in [1.82, 2.24) is 10.2 Å². The van der Waals surface area contributed by atoms with Gasteiger partial charge in [0.2, 0.25) is 0 Å². The summed E-state index contributed by atoms with van der Waals surface area (Å²) in [6, 6.07) is 15.4. The fourth-order valence-corrected chi connectivity index (χ4v) is 2.52. The number of carbonyl (C=O) groups excluding carboxylic acids is 2. The van der Waals surface area contributed by atoms with Gasteiger partial charge in [0.25, 0.3) is 11.8 Å². The third-order valence-corrected chi connectivity index (χ3v) is 4.19. The summed E-state index contributed by atoms with van der Waals surface area (Å²) in [4.78, 5) is 26.1. The largest absolute Gasteiger partial charge is 0.349 e. The Bertz CT molecular complexity index is 731. The molecule has 1 fully saturated rings. The van der Waals surface area contributed by atoms with Gasteiger partial charge >= 0.3 is 0 Å². The van der Waals surface area contributed by atoms with Crippen LogP contribution in [0.2, 0.25) is 0 Å². The maximum atomic E-state index is 12.4. The van der Waals surface area contributed by atoms with Crippen LogP contribution in [0.1, 0.15) is 44.7 Å². The van der Waals surface area contributed by atoms with Crippen molar-refractivity contribution in [3.63, 3.8) is 0 Å². The van der Waals surface area contributed by atoms with Gasteiger partial charge < -0.3 is 10.2 Å². The van der Waals surface area contributed by atoms with Crippen LogP contribution in [0.25, 0.3) is 0 Å². The second-order valence-corrected chi connectivity index (χ2v) is 6.47. The number of benzene rings is 2. The summed E-state index contributed by atoms with van der Waals surface area (Å²) in [5.74, 6) is -0.0290. The van der Waals surface area contributed by atoms with Crippen molar-refractivity contribution in [3.05, 3.63) is 70.8 Å². The van der Waals surface area contributed by atoms with Crippen LogP contribution < -0.4 is 5.32 Å². The highest BCUT2D eigenvalue weighted by molar-refractivity contribution is 5.95. The summed E-state index contributed by atoms with van der Waals surface area (Å²) >= 11 is 0. The van der Waals surface area contributed by atoms with Crippen molar-refractivity contribution < 1.29 is 9.59 Å². The molecule has 0 unspecified atom stereocenters. The third kappa shape index (κ3) is 4.02. The highest BCUT2D eigenvalue weighted by Crippen LogP contribution is 2.19. The van der Waals surface area contributed by atoms with Crippen molar-refractivity contribution >= 4 is 11.8 Å². The molecule has 124 valence electrons. The van der Waals surface area contributed by atoms with Gasteiger partial charge in [-0.2, -0.15) is 0 Å². The Morgan fingerprint density at radius 1 is 1.00 bits per heavy atom. The second-order valence-electron chi connectivity index (χ2n) is 6.47. The minimum absolute atomic E-state index is 0.00875. The summed E-state index contributed by atoms with van der Waals surface area (Å²) in [7, 11) is 1.79. The molecule has 1 N–H and O–H groups in total. The van der Waals surface area contributed by atoms with Crippen LogP contribution in [0.15, 0.2) is 48.5 Å². The Morgan fingerprint density at radius 2 is 1.58 bits per heavy atom. The molecule has 0 aliphatic heterocycles. The standard InChI is InChI=1S/C20H22N2O2/c1-14-3-7-17(8-4-14)20(24)22(2)13-15-5-9-16(10-6-15)19(23)21-18-11-12-18/h3-10,18H,11-13H2,1-2H3,(H,21,23). The van der Waals surface area contributed by atoms with Crippen molar-refractivity contribution in [2.45, 2.75) is 32.4 Å². The molecule has 1 aliphatic carbocycles. The molecule has 0 heterocycles. The van der Waals surface area contributed by atoms with E-state index in [1.165, 1.54) is 0 Å². The number of hydrogen-bond acceptors (Lipinski definition) is 2. The summed E-state index contributed by atoms with van der Waals surface area (Å²) in [6.45, 7) is 2.51. The zero-order chi connectivity index (χ0) is 17.1. The molecule has 4 nitrogen and oxygen atoms in total. The lowest BCUT2D eigenvalue weighted by atomic mass is 10.1. The SMILES string of the molecule is Cc1ccc(C(=O)N(C)Cc2ccc(C(=O)NC3CC3)cc2)cc1. The van der Waals surface area contributed by atoms with Crippen LogP contribution >= 0.6 is 0 Å². The number of aryl methyl sites for hydroxylation is 1. The zero-order valence-corrected chi connectivity index (χ0v) is 14.1. The highest BCUT2D eigenvalue weighted by atomic mass is 16.2. The molecule has 0 aromatic heterocycles. The van der Waals surface area contributed by atoms with E-state index >= 15 is 0 Å². The maximum Gasteiger partial charge on any atom is 0.253 e. The Morgan fingerprint density at radius 3 is 2.17 bits per heavy atom. The summed E-state index contributed by atoms with van der Waals surface area (Å²) in [6.07, 6.45) is 2.16. The molecule has 24 heavy (non-hydrogen) atoms. The molecule has 2 aromatic carbocycles. The second kappa shape index (κ2) is 6.87. The number of hydrogen-bond donors (Lipinski definition) is 1. The van der Waals surface area contributed by atoms with Crippen LogP contribution in [0.3, 0.4) is 0 Å². The molecule has 0 saturated heterocycles. The van der Waals surface area contributed by atoms with Gasteiger partial charge in [-0.25, -0.2) is 0 Å². The molecule has 0 spiro atoms. The zero-order valence-electron chi connectivity index (χ0n) is 14.1. The molecule has 2 amide bonds. The molecule has 0 radical (unpaired) electrons. The van der Waals surface area contributed by atoms with Crippen LogP contribution in [-0.4, -0.2) is 29.8 Å². The minimum atomic E-state index is -0.0202. The van der Waals surface area contributed by atoms with Crippen molar-refractivity contribution in [1.29, 1.82) is 0 Å². The molecular formula is C20H22N2O2. The van der Waals surface area contributed by atoms with E-state index in [-0.39, 0.29) is 11.8 Å². The Kier molecular flexibility index (Phi) is 4.65. The quantitative estimate of drug-likeness (QED) is 0.919. The van der Waals surface area contributed by atoms with Gasteiger partial charge in [0.05, 0.1) is 0 Å². The molecule has 3 rings (SSSR count). The Labute approximate surface area is 142 Å². The van der Waals surface area contributed by atoms with Crippen molar-refractivity contribution in [2.75, 3.05) is 7.05 Å². The van der Waals surface area contributed by atoms with Crippen molar-refractivity contribution in [3.8, 4) is 0 Å². The van der Waals surface area contributed by atoms with E-state index in [4.69, 9.17) is 0 Å². The van der Waals surface area contributed by atoms with Gasteiger partial charge in [-0.1, -0.05) is 29.8 Å². The lowest BCUT2D eigenvalue weighted by Gasteiger charge is -2.17. The number of nitrogens with one attached hydrogen (secondary N) is 1. The van der Waals surface area contributed by atoms with Gasteiger partial charge in [0.1, 0.15) is 0 Å². The Balaban J connectivity index is 1.61. The molecular weight excluding hydrogens is 300 g/mol. The minimum Gasteiger partial charge on any atom is -0.349 e. The molecule has 0 bridgehead atoms. The number of nitrogens with zero attached hydrogens (tertiary/aromatic N) is 1. The van der Waals surface area contributed by atoms with E-state index in [1.807, 2.05) is 55.5 Å². The first-order valence-electron chi connectivity index (χ1n) is 8.25. The molecule has 4 heteroatoms. The van der Waals surface area contributed by atoms with Gasteiger partial charge in [0.15, 0.2) is 0 Å². The van der Waals surface area contributed by atoms with E-state index in [2.05, 4.69) is 5.32 Å². The van der Waals surface area contributed by atoms with E-state index in [1.54, 1.807) is 11.9 Å². The lowest BCUT2D eigenvalue weighted by Crippen LogP contribution is -2.26. The molecule has 2 aromatic rings. The molecule has 1 aliphatic rings.